The van der Waals surface area contributed by atoms with Gasteiger partial charge in [-0.2, -0.15) is 5.26 Å². The standard InChI is InChI=1S/C18H15N3S2/c1-14-17(12-22-16-10-6-3-7-11-16)20-18(23-14)21(13-19)15-8-4-2-5-9-15/h2-11H,12H2,1H3. The smallest absolute Gasteiger partial charge is 0.203 e. The van der Waals surface area contributed by atoms with Crippen LogP contribution in [0.15, 0.2) is 65.6 Å². The summed E-state index contributed by atoms with van der Waals surface area (Å²) in [5, 5.41) is 10.2. The third-order valence-electron chi connectivity index (χ3n) is 3.31. The highest BCUT2D eigenvalue weighted by atomic mass is 32.2. The van der Waals surface area contributed by atoms with Gasteiger partial charge in [0.2, 0.25) is 5.13 Å². The zero-order chi connectivity index (χ0) is 16.1. The molecule has 0 fully saturated rings. The van der Waals surface area contributed by atoms with Crippen LogP contribution in [0.3, 0.4) is 0 Å². The first-order chi connectivity index (χ1) is 11.3. The Hall–Kier alpha value is -2.29. The van der Waals surface area contributed by atoms with Crippen molar-refractivity contribution in [2.75, 3.05) is 4.90 Å². The molecule has 0 N–H and O–H groups in total. The van der Waals surface area contributed by atoms with Crippen LogP contribution in [0.5, 0.6) is 0 Å². The summed E-state index contributed by atoms with van der Waals surface area (Å²) < 4.78 is 0. The number of aromatic nitrogens is 1. The first-order valence-corrected chi connectivity index (χ1v) is 8.97. The van der Waals surface area contributed by atoms with Crippen molar-refractivity contribution in [2.24, 2.45) is 0 Å². The van der Waals surface area contributed by atoms with Gasteiger partial charge in [0.05, 0.1) is 11.4 Å². The third kappa shape index (κ3) is 3.73. The summed E-state index contributed by atoms with van der Waals surface area (Å²) in [5.74, 6) is 0.806. The minimum Gasteiger partial charge on any atom is -0.223 e. The Kier molecular flexibility index (Phi) is 4.96. The summed E-state index contributed by atoms with van der Waals surface area (Å²) in [4.78, 5) is 8.63. The lowest BCUT2D eigenvalue weighted by Gasteiger charge is -2.11. The van der Waals surface area contributed by atoms with E-state index in [1.165, 1.54) is 4.90 Å². The zero-order valence-electron chi connectivity index (χ0n) is 12.6. The van der Waals surface area contributed by atoms with Crippen molar-refractivity contribution in [1.29, 1.82) is 5.26 Å². The van der Waals surface area contributed by atoms with E-state index in [-0.39, 0.29) is 0 Å². The van der Waals surface area contributed by atoms with Crippen molar-refractivity contribution in [1.82, 2.24) is 4.98 Å². The number of aryl methyl sites for hydroxylation is 1. The van der Waals surface area contributed by atoms with Crippen LogP contribution in [0.1, 0.15) is 10.6 Å². The maximum absolute atomic E-state index is 9.48. The average molecular weight is 337 g/mol. The van der Waals surface area contributed by atoms with Crippen LogP contribution >= 0.6 is 23.1 Å². The monoisotopic (exact) mass is 337 g/mol. The van der Waals surface area contributed by atoms with Crippen molar-refractivity contribution < 1.29 is 0 Å². The van der Waals surface area contributed by atoms with Crippen molar-refractivity contribution >= 4 is 33.9 Å². The minimum atomic E-state index is 0.722. The molecular weight excluding hydrogens is 322 g/mol. The topological polar surface area (TPSA) is 39.9 Å². The molecule has 0 aliphatic heterocycles. The van der Waals surface area contributed by atoms with Gasteiger partial charge in [-0.3, -0.25) is 0 Å². The molecule has 0 atom stereocenters. The highest BCUT2D eigenvalue weighted by Gasteiger charge is 2.15. The number of anilines is 2. The number of hydrogen-bond donors (Lipinski definition) is 0. The molecule has 0 saturated heterocycles. The van der Waals surface area contributed by atoms with Crippen molar-refractivity contribution in [2.45, 2.75) is 17.6 Å². The number of nitriles is 1. The SMILES string of the molecule is Cc1sc(N(C#N)c2ccccc2)nc1CSc1ccccc1. The number of benzene rings is 2. The Morgan fingerprint density at radius 3 is 2.39 bits per heavy atom. The van der Waals surface area contributed by atoms with Gasteiger partial charge in [-0.15, -0.1) is 23.1 Å². The lowest BCUT2D eigenvalue weighted by molar-refractivity contribution is 1.15. The molecule has 0 aliphatic rings. The van der Waals surface area contributed by atoms with Crippen LogP contribution in [0.4, 0.5) is 10.8 Å². The fraction of sp³-hybridized carbons (Fsp3) is 0.111. The minimum absolute atomic E-state index is 0.722. The Morgan fingerprint density at radius 2 is 1.74 bits per heavy atom. The predicted octanol–water partition coefficient (Wildman–Crippen LogP) is 5.36. The normalized spacial score (nSPS) is 10.3. The van der Waals surface area contributed by atoms with Crippen LogP contribution in [0.2, 0.25) is 0 Å². The fourth-order valence-electron chi connectivity index (χ4n) is 2.10. The molecular formula is C18H15N3S2. The first-order valence-electron chi connectivity index (χ1n) is 7.17. The number of thiazole rings is 1. The van der Waals surface area contributed by atoms with E-state index >= 15 is 0 Å². The summed E-state index contributed by atoms with van der Waals surface area (Å²) >= 11 is 3.31. The fourth-order valence-corrected chi connectivity index (χ4v) is 4.03. The Morgan fingerprint density at radius 1 is 1.09 bits per heavy atom. The molecule has 0 saturated carbocycles. The maximum Gasteiger partial charge on any atom is 0.203 e. The molecule has 0 spiro atoms. The van der Waals surface area contributed by atoms with Gasteiger partial charge in [0.15, 0.2) is 6.19 Å². The summed E-state index contributed by atoms with van der Waals surface area (Å²) in [6.07, 6.45) is 2.22. The van der Waals surface area contributed by atoms with Crippen LogP contribution in [-0.4, -0.2) is 4.98 Å². The Bertz CT molecular complexity index is 807. The summed E-state index contributed by atoms with van der Waals surface area (Å²) in [7, 11) is 0. The molecule has 3 rings (SSSR count). The summed E-state index contributed by atoms with van der Waals surface area (Å²) in [5.41, 5.74) is 1.88. The average Bonchev–Trinajstić information content (AvgIpc) is 2.96. The highest BCUT2D eigenvalue weighted by Crippen LogP contribution is 2.33. The molecule has 0 amide bonds. The molecule has 0 unspecified atom stereocenters. The number of hydrogen-bond acceptors (Lipinski definition) is 5. The van der Waals surface area contributed by atoms with E-state index in [2.05, 4.69) is 30.2 Å². The molecule has 3 nitrogen and oxygen atoms in total. The molecule has 114 valence electrons. The van der Waals surface area contributed by atoms with E-state index in [0.29, 0.717) is 0 Å². The molecule has 0 radical (unpaired) electrons. The molecule has 0 bridgehead atoms. The van der Waals surface area contributed by atoms with E-state index in [4.69, 9.17) is 0 Å². The number of nitrogens with zero attached hydrogens (tertiary/aromatic N) is 3. The Labute approximate surface area is 144 Å². The van der Waals surface area contributed by atoms with E-state index in [9.17, 15) is 5.26 Å². The van der Waals surface area contributed by atoms with Gasteiger partial charge in [0, 0.05) is 15.5 Å². The van der Waals surface area contributed by atoms with Crippen molar-refractivity contribution in [3.05, 3.63) is 71.2 Å². The molecule has 2 aromatic carbocycles. The van der Waals surface area contributed by atoms with E-state index in [0.717, 1.165) is 27.1 Å². The highest BCUT2D eigenvalue weighted by molar-refractivity contribution is 7.98. The van der Waals surface area contributed by atoms with Gasteiger partial charge in [-0.1, -0.05) is 36.4 Å². The third-order valence-corrected chi connectivity index (χ3v) is 5.33. The largest absolute Gasteiger partial charge is 0.223 e. The van der Waals surface area contributed by atoms with Crippen LogP contribution < -0.4 is 4.90 Å². The summed E-state index contributed by atoms with van der Waals surface area (Å²) in [6, 6.07) is 19.9. The maximum atomic E-state index is 9.48. The summed E-state index contributed by atoms with van der Waals surface area (Å²) in [6.45, 7) is 2.06. The molecule has 0 aliphatic carbocycles. The van der Waals surface area contributed by atoms with Gasteiger partial charge in [0.25, 0.3) is 0 Å². The van der Waals surface area contributed by atoms with Gasteiger partial charge in [0.1, 0.15) is 0 Å². The quantitative estimate of drug-likeness (QED) is 0.357. The lowest BCUT2D eigenvalue weighted by Crippen LogP contribution is -2.08. The predicted molar refractivity (Wildman–Crippen MR) is 97.0 cm³/mol. The molecule has 1 aromatic heterocycles. The van der Waals surface area contributed by atoms with Crippen LogP contribution in [0.25, 0.3) is 0 Å². The molecule has 3 aromatic rings. The van der Waals surface area contributed by atoms with Crippen molar-refractivity contribution in [3.63, 3.8) is 0 Å². The van der Waals surface area contributed by atoms with E-state index in [1.54, 1.807) is 28.0 Å². The van der Waals surface area contributed by atoms with E-state index in [1.807, 2.05) is 48.5 Å². The molecule has 5 heteroatoms. The second-order valence-corrected chi connectivity index (χ2v) is 7.10. The number of rotatable bonds is 5. The van der Waals surface area contributed by atoms with Gasteiger partial charge >= 0.3 is 0 Å². The van der Waals surface area contributed by atoms with E-state index < -0.39 is 0 Å². The second kappa shape index (κ2) is 7.32. The molecule has 23 heavy (non-hydrogen) atoms. The van der Waals surface area contributed by atoms with Gasteiger partial charge in [-0.05, 0) is 31.2 Å². The molecule has 1 heterocycles. The Balaban J connectivity index is 1.79. The zero-order valence-corrected chi connectivity index (χ0v) is 14.3. The lowest BCUT2D eigenvalue weighted by atomic mass is 10.3. The van der Waals surface area contributed by atoms with Gasteiger partial charge in [-0.25, -0.2) is 9.88 Å². The first kappa shape index (κ1) is 15.6. The number of para-hydroxylation sites is 1. The van der Waals surface area contributed by atoms with Crippen molar-refractivity contribution in [3.8, 4) is 6.19 Å². The van der Waals surface area contributed by atoms with Gasteiger partial charge < -0.3 is 0 Å². The number of thioether (sulfide) groups is 1. The second-order valence-electron chi connectivity index (χ2n) is 4.87. The van der Waals surface area contributed by atoms with Crippen LogP contribution in [0, 0.1) is 18.4 Å². The van der Waals surface area contributed by atoms with Crippen LogP contribution in [-0.2, 0) is 5.75 Å².